The lowest BCUT2D eigenvalue weighted by atomic mass is 10.1. The Morgan fingerprint density at radius 1 is 1.16 bits per heavy atom. The van der Waals surface area contributed by atoms with Gasteiger partial charge in [0.15, 0.2) is 11.5 Å². The molecule has 2 fully saturated rings. The minimum Gasteiger partial charge on any atom is -0.493 e. The number of likely N-dealkylation sites (tertiary alicyclic amines) is 2. The Morgan fingerprint density at radius 2 is 1.97 bits per heavy atom. The van der Waals surface area contributed by atoms with Gasteiger partial charge < -0.3 is 23.8 Å². The molecule has 0 N–H and O–H groups in total. The van der Waals surface area contributed by atoms with E-state index in [0.717, 1.165) is 24.9 Å². The molecule has 2 atom stereocenters. The summed E-state index contributed by atoms with van der Waals surface area (Å²) in [6, 6.07) is 10.0. The van der Waals surface area contributed by atoms with Crippen molar-refractivity contribution in [2.75, 3.05) is 33.9 Å². The average Bonchev–Trinajstić information content (AvgIpc) is 3.51. The van der Waals surface area contributed by atoms with Crippen molar-refractivity contribution in [2.45, 2.75) is 31.7 Å². The molecule has 7 heteroatoms. The maximum atomic E-state index is 13.3. The molecule has 2 saturated heterocycles. The number of benzene rings is 1. The monoisotopic (exact) mass is 425 g/mol. The number of amides is 2. The quantitative estimate of drug-likeness (QED) is 0.684. The number of hydrogen-bond acceptors (Lipinski definition) is 4. The van der Waals surface area contributed by atoms with E-state index in [1.54, 1.807) is 14.2 Å². The lowest BCUT2D eigenvalue weighted by Gasteiger charge is -2.28. The second kappa shape index (κ2) is 9.04. The molecule has 7 nitrogen and oxygen atoms in total. The van der Waals surface area contributed by atoms with Crippen LogP contribution in [0.2, 0.25) is 0 Å². The molecule has 0 bridgehead atoms. The Morgan fingerprint density at radius 3 is 2.68 bits per heavy atom. The fraction of sp³-hybridized carbons (Fsp3) is 0.500. The van der Waals surface area contributed by atoms with Gasteiger partial charge in [0.2, 0.25) is 11.8 Å². The minimum absolute atomic E-state index is 0.0634. The Hall–Kier alpha value is -2.96. The van der Waals surface area contributed by atoms with Crippen molar-refractivity contribution in [3.05, 3.63) is 47.8 Å². The Bertz CT molecular complexity index is 954. The van der Waals surface area contributed by atoms with Crippen LogP contribution in [0.5, 0.6) is 11.5 Å². The number of methoxy groups -OCH3 is 2. The van der Waals surface area contributed by atoms with E-state index in [9.17, 15) is 9.59 Å². The molecule has 2 unspecified atom stereocenters. The van der Waals surface area contributed by atoms with E-state index in [1.165, 1.54) is 5.69 Å². The fourth-order valence-corrected chi connectivity index (χ4v) is 4.85. The van der Waals surface area contributed by atoms with Gasteiger partial charge in [-0.05, 0) is 49.1 Å². The predicted octanol–water partition coefficient (Wildman–Crippen LogP) is 2.80. The molecule has 3 heterocycles. The molecule has 1 aromatic carbocycles. The van der Waals surface area contributed by atoms with Gasteiger partial charge in [0.1, 0.15) is 0 Å². The highest BCUT2D eigenvalue weighted by Crippen LogP contribution is 2.35. The molecule has 0 aliphatic carbocycles. The third kappa shape index (κ3) is 4.27. The van der Waals surface area contributed by atoms with Crippen LogP contribution in [0, 0.1) is 5.92 Å². The molecule has 2 aliphatic heterocycles. The van der Waals surface area contributed by atoms with Crippen LogP contribution in [0.25, 0.3) is 0 Å². The zero-order valence-electron chi connectivity index (χ0n) is 18.5. The van der Waals surface area contributed by atoms with E-state index in [1.807, 2.05) is 47.3 Å². The second-order valence-electron chi connectivity index (χ2n) is 8.41. The highest BCUT2D eigenvalue weighted by Gasteiger charge is 2.40. The normalized spacial score (nSPS) is 21.1. The summed E-state index contributed by atoms with van der Waals surface area (Å²) in [6.07, 6.45) is 5.02. The molecule has 2 aliphatic rings. The Kier molecular flexibility index (Phi) is 6.20. The summed E-state index contributed by atoms with van der Waals surface area (Å²) in [7, 11) is 5.24. The number of ether oxygens (including phenoxy) is 2. The highest BCUT2D eigenvalue weighted by atomic mass is 16.5. The molecule has 31 heavy (non-hydrogen) atoms. The van der Waals surface area contributed by atoms with Crippen molar-refractivity contribution in [1.29, 1.82) is 0 Å². The zero-order valence-corrected chi connectivity index (χ0v) is 18.5. The number of carbonyl (C=O) groups is 2. The Labute approximate surface area is 183 Å². The van der Waals surface area contributed by atoms with Gasteiger partial charge in [0.25, 0.3) is 0 Å². The fourth-order valence-electron chi connectivity index (χ4n) is 4.85. The average molecular weight is 426 g/mol. The molecule has 2 aromatic rings. The largest absolute Gasteiger partial charge is 0.493 e. The van der Waals surface area contributed by atoms with E-state index < -0.39 is 0 Å². The first-order valence-electron chi connectivity index (χ1n) is 10.9. The predicted molar refractivity (Wildman–Crippen MR) is 117 cm³/mol. The van der Waals surface area contributed by atoms with Crippen LogP contribution in [0.1, 0.15) is 36.6 Å². The van der Waals surface area contributed by atoms with Gasteiger partial charge in [0, 0.05) is 45.0 Å². The van der Waals surface area contributed by atoms with Crippen molar-refractivity contribution in [3.8, 4) is 11.5 Å². The standard InChI is InChI=1S/C24H31N3O4/c1-25-11-4-6-19(25)20-7-5-12-27(20)24(29)18-15-23(28)26(16-18)13-10-17-8-9-21(30-2)22(14-17)31-3/h4,6,8-9,11,14,18,20H,5,7,10,12-13,15-16H2,1-3H3. The summed E-state index contributed by atoms with van der Waals surface area (Å²) < 4.78 is 12.7. The topological polar surface area (TPSA) is 64.0 Å². The van der Waals surface area contributed by atoms with E-state index in [-0.39, 0.29) is 23.8 Å². The van der Waals surface area contributed by atoms with Crippen LogP contribution in [-0.4, -0.2) is 60.0 Å². The molecular formula is C24H31N3O4. The lowest BCUT2D eigenvalue weighted by Crippen LogP contribution is -2.37. The summed E-state index contributed by atoms with van der Waals surface area (Å²) in [4.78, 5) is 29.7. The molecule has 0 saturated carbocycles. The van der Waals surface area contributed by atoms with Crippen LogP contribution in [0.3, 0.4) is 0 Å². The number of aryl methyl sites for hydroxylation is 1. The smallest absolute Gasteiger partial charge is 0.228 e. The highest BCUT2D eigenvalue weighted by molar-refractivity contribution is 5.89. The van der Waals surface area contributed by atoms with Crippen LogP contribution in [0.4, 0.5) is 0 Å². The molecule has 4 rings (SSSR count). The summed E-state index contributed by atoms with van der Waals surface area (Å²) in [5.74, 6) is 1.30. The first kappa shape index (κ1) is 21.3. The van der Waals surface area contributed by atoms with Gasteiger partial charge >= 0.3 is 0 Å². The van der Waals surface area contributed by atoms with Gasteiger partial charge in [-0.2, -0.15) is 0 Å². The number of rotatable bonds is 7. The summed E-state index contributed by atoms with van der Waals surface area (Å²) >= 11 is 0. The first-order valence-corrected chi connectivity index (χ1v) is 10.9. The summed E-state index contributed by atoms with van der Waals surface area (Å²) in [6.45, 7) is 1.87. The third-order valence-electron chi connectivity index (χ3n) is 6.54. The Balaban J connectivity index is 1.38. The number of aromatic nitrogens is 1. The molecule has 0 spiro atoms. The van der Waals surface area contributed by atoms with Crippen LogP contribution < -0.4 is 9.47 Å². The van der Waals surface area contributed by atoms with Gasteiger partial charge in [-0.25, -0.2) is 0 Å². The van der Waals surface area contributed by atoms with Crippen molar-refractivity contribution >= 4 is 11.8 Å². The maximum absolute atomic E-state index is 13.3. The molecule has 166 valence electrons. The van der Waals surface area contributed by atoms with Crippen molar-refractivity contribution in [3.63, 3.8) is 0 Å². The number of nitrogens with zero attached hydrogens (tertiary/aromatic N) is 3. The SMILES string of the molecule is COc1ccc(CCN2CC(C(=O)N3CCCC3c3cccn3C)CC2=O)cc1OC. The summed E-state index contributed by atoms with van der Waals surface area (Å²) in [5.41, 5.74) is 2.24. The number of hydrogen-bond donors (Lipinski definition) is 0. The van der Waals surface area contributed by atoms with Gasteiger partial charge in [-0.15, -0.1) is 0 Å². The van der Waals surface area contributed by atoms with Crippen LogP contribution >= 0.6 is 0 Å². The third-order valence-corrected chi connectivity index (χ3v) is 6.54. The van der Waals surface area contributed by atoms with E-state index in [4.69, 9.17) is 9.47 Å². The van der Waals surface area contributed by atoms with Crippen molar-refractivity contribution < 1.29 is 19.1 Å². The van der Waals surface area contributed by atoms with E-state index in [0.29, 0.717) is 37.4 Å². The minimum atomic E-state index is -0.251. The van der Waals surface area contributed by atoms with Crippen LogP contribution in [-0.2, 0) is 23.1 Å². The van der Waals surface area contributed by atoms with Crippen molar-refractivity contribution in [2.24, 2.45) is 13.0 Å². The number of carbonyl (C=O) groups excluding carboxylic acids is 2. The lowest BCUT2D eigenvalue weighted by molar-refractivity contribution is -0.136. The van der Waals surface area contributed by atoms with E-state index in [2.05, 4.69) is 10.6 Å². The zero-order chi connectivity index (χ0) is 22.0. The first-order chi connectivity index (χ1) is 15.0. The summed E-state index contributed by atoms with van der Waals surface area (Å²) in [5, 5.41) is 0. The molecule has 0 radical (unpaired) electrons. The van der Waals surface area contributed by atoms with Gasteiger partial charge in [-0.1, -0.05) is 6.07 Å². The van der Waals surface area contributed by atoms with Gasteiger partial charge in [0.05, 0.1) is 26.2 Å². The molecular weight excluding hydrogens is 394 g/mol. The molecule has 2 amide bonds. The molecule has 1 aromatic heterocycles. The van der Waals surface area contributed by atoms with Gasteiger partial charge in [-0.3, -0.25) is 9.59 Å². The van der Waals surface area contributed by atoms with Crippen molar-refractivity contribution in [1.82, 2.24) is 14.4 Å². The van der Waals surface area contributed by atoms with Crippen LogP contribution in [0.15, 0.2) is 36.5 Å². The maximum Gasteiger partial charge on any atom is 0.228 e. The second-order valence-corrected chi connectivity index (χ2v) is 8.41. The van der Waals surface area contributed by atoms with E-state index >= 15 is 0 Å².